The summed E-state index contributed by atoms with van der Waals surface area (Å²) in [5, 5.41) is 20.9. The summed E-state index contributed by atoms with van der Waals surface area (Å²) in [6, 6.07) is 0. The summed E-state index contributed by atoms with van der Waals surface area (Å²) in [5.41, 5.74) is 6.14. The molecule has 1 aromatic heterocycles. The van der Waals surface area contributed by atoms with Gasteiger partial charge in [-0.1, -0.05) is 5.16 Å². The fourth-order valence-corrected chi connectivity index (χ4v) is 2.14. The molecule has 1 aromatic rings. The van der Waals surface area contributed by atoms with Crippen molar-refractivity contribution in [3.63, 3.8) is 0 Å². The fourth-order valence-electron chi connectivity index (χ4n) is 2.14. The van der Waals surface area contributed by atoms with E-state index in [1.807, 2.05) is 0 Å². The Kier molecular flexibility index (Phi) is 3.93. The molecule has 0 radical (unpaired) electrons. The van der Waals surface area contributed by atoms with Crippen molar-refractivity contribution >= 4 is 11.7 Å². The summed E-state index contributed by atoms with van der Waals surface area (Å²) < 4.78 is 0. The predicted octanol–water partition coefficient (Wildman–Crippen LogP) is -0.220. The van der Waals surface area contributed by atoms with Crippen molar-refractivity contribution in [1.82, 2.24) is 9.97 Å². The molecule has 18 heavy (non-hydrogen) atoms. The number of anilines is 1. The van der Waals surface area contributed by atoms with Crippen LogP contribution in [0.25, 0.3) is 0 Å². The molecule has 7 heteroatoms. The van der Waals surface area contributed by atoms with Gasteiger partial charge in [-0.3, -0.25) is 0 Å². The second-order valence-corrected chi connectivity index (χ2v) is 4.36. The van der Waals surface area contributed by atoms with Crippen LogP contribution in [-0.4, -0.2) is 45.8 Å². The summed E-state index contributed by atoms with van der Waals surface area (Å²) >= 11 is 0. The Morgan fingerprint density at radius 3 is 2.83 bits per heavy atom. The third-order valence-electron chi connectivity index (χ3n) is 3.25. The van der Waals surface area contributed by atoms with Crippen molar-refractivity contribution in [2.45, 2.75) is 12.8 Å². The van der Waals surface area contributed by atoms with Crippen molar-refractivity contribution < 1.29 is 10.3 Å². The summed E-state index contributed by atoms with van der Waals surface area (Å²) in [4.78, 5) is 10.2. The molecule has 0 aliphatic carbocycles. The molecular weight excluding hydrogens is 234 g/mol. The molecule has 1 aliphatic heterocycles. The van der Waals surface area contributed by atoms with Crippen LogP contribution < -0.4 is 10.6 Å². The first-order valence-corrected chi connectivity index (χ1v) is 5.90. The van der Waals surface area contributed by atoms with Crippen LogP contribution in [0.15, 0.2) is 17.7 Å². The fraction of sp³-hybridized carbons (Fsp3) is 0.545. The number of nitrogens with two attached hydrogens (primary N) is 1. The molecule has 2 heterocycles. The molecule has 1 fully saturated rings. The van der Waals surface area contributed by atoms with Gasteiger partial charge < -0.3 is 20.9 Å². The summed E-state index contributed by atoms with van der Waals surface area (Å²) in [7, 11) is 0. The van der Waals surface area contributed by atoms with E-state index >= 15 is 0 Å². The molecule has 0 aromatic carbocycles. The lowest BCUT2D eigenvalue weighted by atomic mass is 9.97. The number of hydrogen-bond donors (Lipinski definition) is 3. The number of nitrogens with zero attached hydrogens (tertiary/aromatic N) is 4. The van der Waals surface area contributed by atoms with Gasteiger partial charge in [0.2, 0.25) is 0 Å². The Morgan fingerprint density at radius 1 is 1.50 bits per heavy atom. The van der Waals surface area contributed by atoms with Crippen LogP contribution in [0.5, 0.6) is 0 Å². The largest absolute Gasteiger partial charge is 0.409 e. The SMILES string of the molecule is NC(=NO)c1cncnc1N1CCC(CO)CC1. The highest BCUT2D eigenvalue weighted by atomic mass is 16.4. The van der Waals surface area contributed by atoms with Gasteiger partial charge in [0, 0.05) is 25.9 Å². The second-order valence-electron chi connectivity index (χ2n) is 4.36. The maximum atomic E-state index is 9.11. The Morgan fingerprint density at radius 2 is 2.22 bits per heavy atom. The molecule has 1 aliphatic rings. The molecule has 0 unspecified atom stereocenters. The second kappa shape index (κ2) is 5.63. The van der Waals surface area contributed by atoms with E-state index in [-0.39, 0.29) is 12.4 Å². The van der Waals surface area contributed by atoms with Crippen molar-refractivity contribution in [3.8, 4) is 0 Å². The van der Waals surface area contributed by atoms with E-state index in [1.165, 1.54) is 12.5 Å². The quantitative estimate of drug-likeness (QED) is 0.297. The van der Waals surface area contributed by atoms with Gasteiger partial charge in [0.1, 0.15) is 12.1 Å². The number of amidine groups is 1. The summed E-state index contributed by atoms with van der Waals surface area (Å²) in [5.74, 6) is 1.04. The summed E-state index contributed by atoms with van der Waals surface area (Å²) in [6.45, 7) is 1.83. The van der Waals surface area contributed by atoms with Gasteiger partial charge in [0.05, 0.1) is 5.56 Å². The maximum Gasteiger partial charge on any atom is 0.175 e. The molecular formula is C11H17N5O2. The normalized spacial score (nSPS) is 18.1. The Hall–Kier alpha value is -1.89. The molecule has 0 spiro atoms. The van der Waals surface area contributed by atoms with E-state index in [0.717, 1.165) is 25.9 Å². The Bertz CT molecular complexity index is 429. The molecule has 7 nitrogen and oxygen atoms in total. The monoisotopic (exact) mass is 251 g/mol. The number of aliphatic hydroxyl groups excluding tert-OH is 1. The van der Waals surface area contributed by atoms with Gasteiger partial charge >= 0.3 is 0 Å². The number of piperidine rings is 1. The van der Waals surface area contributed by atoms with Gasteiger partial charge in [0.15, 0.2) is 5.84 Å². The molecule has 0 amide bonds. The van der Waals surface area contributed by atoms with E-state index in [1.54, 1.807) is 0 Å². The van der Waals surface area contributed by atoms with E-state index < -0.39 is 0 Å². The summed E-state index contributed by atoms with van der Waals surface area (Å²) in [6.07, 6.45) is 4.81. The average Bonchev–Trinajstić information content (AvgIpc) is 2.46. The topological polar surface area (TPSA) is 108 Å². The number of aromatic nitrogens is 2. The van der Waals surface area contributed by atoms with Gasteiger partial charge in [-0.05, 0) is 18.8 Å². The van der Waals surface area contributed by atoms with Crippen LogP contribution in [0.2, 0.25) is 0 Å². The zero-order chi connectivity index (χ0) is 13.0. The molecule has 0 saturated carbocycles. The van der Waals surface area contributed by atoms with Crippen molar-refractivity contribution in [2.75, 3.05) is 24.6 Å². The minimum Gasteiger partial charge on any atom is -0.409 e. The lowest BCUT2D eigenvalue weighted by Crippen LogP contribution is -2.36. The maximum absolute atomic E-state index is 9.11. The number of oxime groups is 1. The van der Waals surface area contributed by atoms with E-state index in [9.17, 15) is 0 Å². The Balaban J connectivity index is 2.19. The lowest BCUT2D eigenvalue weighted by molar-refractivity contribution is 0.203. The zero-order valence-corrected chi connectivity index (χ0v) is 10.0. The van der Waals surface area contributed by atoms with Gasteiger partial charge in [-0.25, -0.2) is 9.97 Å². The first-order chi connectivity index (χ1) is 8.76. The van der Waals surface area contributed by atoms with Crippen LogP contribution in [0.1, 0.15) is 18.4 Å². The van der Waals surface area contributed by atoms with E-state index in [2.05, 4.69) is 20.0 Å². The number of aliphatic hydroxyl groups is 1. The van der Waals surface area contributed by atoms with E-state index in [4.69, 9.17) is 16.0 Å². The minimum atomic E-state index is 0.00915. The Labute approximate surface area is 105 Å². The third-order valence-corrected chi connectivity index (χ3v) is 3.25. The molecule has 0 bridgehead atoms. The number of rotatable bonds is 3. The first-order valence-electron chi connectivity index (χ1n) is 5.90. The van der Waals surface area contributed by atoms with Crippen LogP contribution in [0.4, 0.5) is 5.82 Å². The van der Waals surface area contributed by atoms with Crippen molar-refractivity contribution in [2.24, 2.45) is 16.8 Å². The molecule has 0 atom stereocenters. The van der Waals surface area contributed by atoms with Gasteiger partial charge in [-0.15, -0.1) is 0 Å². The van der Waals surface area contributed by atoms with Crippen LogP contribution in [0.3, 0.4) is 0 Å². The average molecular weight is 251 g/mol. The van der Waals surface area contributed by atoms with Crippen LogP contribution in [0, 0.1) is 5.92 Å². The van der Waals surface area contributed by atoms with Crippen molar-refractivity contribution in [3.05, 3.63) is 18.1 Å². The highest BCUT2D eigenvalue weighted by Gasteiger charge is 2.22. The minimum absolute atomic E-state index is 0.00915. The predicted molar refractivity (Wildman–Crippen MR) is 66.6 cm³/mol. The standard InChI is InChI=1S/C11H17N5O2/c12-10(15-18)9-5-13-7-14-11(9)16-3-1-8(6-17)2-4-16/h5,7-8,17-18H,1-4,6H2,(H2,12,15). The third kappa shape index (κ3) is 2.51. The number of hydrogen-bond acceptors (Lipinski definition) is 6. The van der Waals surface area contributed by atoms with Crippen molar-refractivity contribution in [1.29, 1.82) is 0 Å². The highest BCUT2D eigenvalue weighted by molar-refractivity contribution is 6.01. The first kappa shape index (κ1) is 12.6. The zero-order valence-electron chi connectivity index (χ0n) is 10.0. The molecule has 2 rings (SSSR count). The van der Waals surface area contributed by atoms with Crippen LogP contribution >= 0.6 is 0 Å². The molecule has 98 valence electrons. The molecule has 1 saturated heterocycles. The van der Waals surface area contributed by atoms with Gasteiger partial charge in [-0.2, -0.15) is 0 Å². The van der Waals surface area contributed by atoms with Crippen LogP contribution in [-0.2, 0) is 0 Å². The lowest BCUT2D eigenvalue weighted by Gasteiger charge is -2.32. The smallest absolute Gasteiger partial charge is 0.175 e. The van der Waals surface area contributed by atoms with E-state index in [0.29, 0.717) is 17.3 Å². The highest BCUT2D eigenvalue weighted by Crippen LogP contribution is 2.23. The van der Waals surface area contributed by atoms with Gasteiger partial charge in [0.25, 0.3) is 0 Å². The molecule has 4 N–H and O–H groups in total.